The van der Waals surface area contributed by atoms with Crippen LogP contribution in [0.25, 0.3) is 0 Å². The Morgan fingerprint density at radius 1 is 0.889 bits per heavy atom. The highest BCUT2D eigenvalue weighted by Gasteiger charge is 2.27. The van der Waals surface area contributed by atoms with Gasteiger partial charge < -0.3 is 15.1 Å². The molecule has 0 aromatic heterocycles. The van der Waals surface area contributed by atoms with Gasteiger partial charge in [0.2, 0.25) is 11.8 Å². The fourth-order valence-corrected chi connectivity index (χ4v) is 5.45. The number of hydrogen-bond acceptors (Lipinski definition) is 4. The topological polar surface area (TPSA) is 55.9 Å². The molecule has 1 saturated heterocycles. The van der Waals surface area contributed by atoms with Gasteiger partial charge in [-0.3, -0.25) is 14.5 Å². The van der Waals surface area contributed by atoms with Crippen molar-refractivity contribution in [3.63, 3.8) is 0 Å². The number of piperazine rings is 1. The second-order valence-electron chi connectivity index (χ2n) is 10.4. The third kappa shape index (κ3) is 6.34. The van der Waals surface area contributed by atoms with Gasteiger partial charge in [-0.1, -0.05) is 51.0 Å². The number of amides is 2. The Kier molecular flexibility index (Phi) is 9.16. The molecule has 0 unspecified atom stereocenters. The van der Waals surface area contributed by atoms with Crippen molar-refractivity contribution in [2.24, 2.45) is 5.92 Å². The smallest absolute Gasteiger partial charge is 0.232 e. The summed E-state index contributed by atoms with van der Waals surface area (Å²) in [6.07, 6.45) is 6.03. The van der Waals surface area contributed by atoms with Crippen molar-refractivity contribution in [1.82, 2.24) is 9.80 Å². The van der Waals surface area contributed by atoms with Gasteiger partial charge in [0, 0.05) is 50.7 Å². The van der Waals surface area contributed by atoms with Gasteiger partial charge in [0.15, 0.2) is 0 Å². The minimum absolute atomic E-state index is 0.0286. The fourth-order valence-electron chi connectivity index (χ4n) is 5.45. The van der Waals surface area contributed by atoms with Crippen LogP contribution in [0.4, 0.5) is 17.1 Å². The predicted octanol–water partition coefficient (Wildman–Crippen LogP) is 5.24. The van der Waals surface area contributed by atoms with Crippen LogP contribution in [0.3, 0.4) is 0 Å². The summed E-state index contributed by atoms with van der Waals surface area (Å²) < 4.78 is 0. The van der Waals surface area contributed by atoms with Crippen LogP contribution in [-0.2, 0) is 22.4 Å². The highest BCUT2D eigenvalue weighted by Crippen LogP contribution is 2.38. The monoisotopic (exact) mass is 490 g/mol. The molecule has 2 aromatic rings. The SMILES string of the molecule is CCCC(CCC)C(=O)Nc1ccc2c(c1)N(C(=O)CCN1CCN(C)CC1)c1ccccc1CC2. The van der Waals surface area contributed by atoms with Crippen molar-refractivity contribution in [2.75, 3.05) is 50.0 Å². The molecule has 1 N–H and O–H groups in total. The van der Waals surface area contributed by atoms with E-state index >= 15 is 0 Å². The predicted molar refractivity (Wildman–Crippen MR) is 148 cm³/mol. The van der Waals surface area contributed by atoms with Crippen molar-refractivity contribution >= 4 is 28.9 Å². The molecule has 2 aliphatic rings. The van der Waals surface area contributed by atoms with Gasteiger partial charge in [-0.25, -0.2) is 0 Å². The number of benzene rings is 2. The van der Waals surface area contributed by atoms with Crippen molar-refractivity contribution in [3.8, 4) is 0 Å². The average Bonchev–Trinajstić information content (AvgIpc) is 3.04. The summed E-state index contributed by atoms with van der Waals surface area (Å²) in [5.74, 6) is 0.226. The van der Waals surface area contributed by atoms with E-state index in [1.165, 1.54) is 5.56 Å². The fraction of sp³-hybridized carbons (Fsp3) is 0.533. The van der Waals surface area contributed by atoms with Gasteiger partial charge in [-0.15, -0.1) is 0 Å². The number of carbonyl (C=O) groups excluding carboxylic acids is 2. The number of anilines is 3. The van der Waals surface area contributed by atoms with Crippen LogP contribution >= 0.6 is 0 Å². The van der Waals surface area contributed by atoms with Gasteiger partial charge in [-0.2, -0.15) is 0 Å². The third-order valence-corrected chi connectivity index (χ3v) is 7.62. The molecule has 2 aromatic carbocycles. The summed E-state index contributed by atoms with van der Waals surface area (Å²) in [6.45, 7) is 9.12. The van der Waals surface area contributed by atoms with Crippen molar-refractivity contribution < 1.29 is 9.59 Å². The van der Waals surface area contributed by atoms with Crippen molar-refractivity contribution in [3.05, 3.63) is 53.6 Å². The van der Waals surface area contributed by atoms with Crippen molar-refractivity contribution in [2.45, 2.75) is 58.8 Å². The normalized spacial score (nSPS) is 16.4. The first-order valence-corrected chi connectivity index (χ1v) is 13.8. The maximum atomic E-state index is 13.8. The molecule has 0 atom stereocenters. The van der Waals surface area contributed by atoms with E-state index in [0.717, 1.165) is 93.9 Å². The summed E-state index contributed by atoms with van der Waals surface area (Å²) in [6, 6.07) is 14.3. The molecular weight excluding hydrogens is 448 g/mol. The first-order valence-electron chi connectivity index (χ1n) is 13.8. The second kappa shape index (κ2) is 12.5. The molecule has 1 fully saturated rings. The Labute approximate surface area is 216 Å². The number of nitrogens with zero attached hydrogens (tertiary/aromatic N) is 3. The van der Waals surface area contributed by atoms with E-state index in [1.54, 1.807) is 0 Å². The van der Waals surface area contributed by atoms with Crippen LogP contribution in [0.2, 0.25) is 0 Å². The number of aryl methyl sites for hydroxylation is 2. The van der Waals surface area contributed by atoms with Gasteiger partial charge >= 0.3 is 0 Å². The molecule has 0 saturated carbocycles. The molecular formula is C30H42N4O2. The van der Waals surface area contributed by atoms with Gasteiger partial charge in [-0.05, 0) is 62.1 Å². The summed E-state index contributed by atoms with van der Waals surface area (Å²) >= 11 is 0. The third-order valence-electron chi connectivity index (χ3n) is 7.62. The Morgan fingerprint density at radius 2 is 1.56 bits per heavy atom. The Bertz CT molecular complexity index is 1040. The zero-order valence-corrected chi connectivity index (χ0v) is 22.3. The molecule has 6 heteroatoms. The van der Waals surface area contributed by atoms with Crippen molar-refractivity contribution in [1.29, 1.82) is 0 Å². The first-order chi connectivity index (χ1) is 17.5. The van der Waals surface area contributed by atoms with E-state index in [-0.39, 0.29) is 17.7 Å². The van der Waals surface area contributed by atoms with Crippen LogP contribution in [0.15, 0.2) is 42.5 Å². The molecule has 2 aliphatic heterocycles. The van der Waals surface area contributed by atoms with Gasteiger partial charge in [0.25, 0.3) is 0 Å². The number of rotatable bonds is 9. The molecule has 0 spiro atoms. The van der Waals surface area contributed by atoms with Crippen LogP contribution in [-0.4, -0.2) is 61.4 Å². The summed E-state index contributed by atoms with van der Waals surface area (Å²) in [7, 11) is 2.15. The highest BCUT2D eigenvalue weighted by molar-refractivity contribution is 6.03. The number of fused-ring (bicyclic) bond motifs is 2. The summed E-state index contributed by atoms with van der Waals surface area (Å²) in [4.78, 5) is 33.5. The zero-order chi connectivity index (χ0) is 25.5. The average molecular weight is 491 g/mol. The zero-order valence-electron chi connectivity index (χ0n) is 22.3. The lowest BCUT2D eigenvalue weighted by atomic mass is 9.97. The van der Waals surface area contributed by atoms with Crippen LogP contribution < -0.4 is 10.2 Å². The molecule has 4 rings (SSSR count). The summed E-state index contributed by atoms with van der Waals surface area (Å²) in [5.41, 5.74) is 4.99. The molecule has 2 heterocycles. The van der Waals surface area contributed by atoms with Crippen LogP contribution in [0, 0.1) is 5.92 Å². The first kappa shape index (κ1) is 26.4. The Morgan fingerprint density at radius 3 is 2.25 bits per heavy atom. The number of nitrogens with one attached hydrogen (secondary N) is 1. The van der Waals surface area contributed by atoms with E-state index in [1.807, 2.05) is 23.1 Å². The lowest BCUT2D eigenvalue weighted by molar-refractivity contribution is -0.120. The molecule has 0 radical (unpaired) electrons. The minimum Gasteiger partial charge on any atom is -0.326 e. The summed E-state index contributed by atoms with van der Waals surface area (Å²) in [5, 5.41) is 3.16. The highest BCUT2D eigenvalue weighted by atomic mass is 16.2. The number of likely N-dealkylation sites (N-methyl/N-ethyl adjacent to an activating group) is 1. The quantitative estimate of drug-likeness (QED) is 0.522. The number of hydrogen-bond donors (Lipinski definition) is 1. The van der Waals surface area contributed by atoms with E-state index in [2.05, 4.69) is 60.3 Å². The molecule has 6 nitrogen and oxygen atoms in total. The molecule has 194 valence electrons. The lowest BCUT2D eigenvalue weighted by Crippen LogP contribution is -2.45. The molecule has 2 amide bonds. The largest absolute Gasteiger partial charge is 0.326 e. The minimum atomic E-state index is 0.0286. The van der Waals surface area contributed by atoms with E-state index in [9.17, 15) is 9.59 Å². The maximum Gasteiger partial charge on any atom is 0.232 e. The van der Waals surface area contributed by atoms with Crippen LogP contribution in [0.5, 0.6) is 0 Å². The van der Waals surface area contributed by atoms with E-state index < -0.39 is 0 Å². The Balaban J connectivity index is 1.59. The maximum absolute atomic E-state index is 13.8. The van der Waals surface area contributed by atoms with E-state index in [0.29, 0.717) is 6.42 Å². The number of para-hydroxylation sites is 1. The number of carbonyl (C=O) groups is 2. The van der Waals surface area contributed by atoms with E-state index in [4.69, 9.17) is 0 Å². The van der Waals surface area contributed by atoms with Gasteiger partial charge in [0.1, 0.15) is 0 Å². The molecule has 36 heavy (non-hydrogen) atoms. The Hall–Kier alpha value is -2.70. The molecule has 0 bridgehead atoms. The lowest BCUT2D eigenvalue weighted by Gasteiger charge is -2.33. The second-order valence-corrected chi connectivity index (χ2v) is 10.4. The standard InChI is InChI=1S/C30H42N4O2/c1-4-8-25(9-5-2)30(36)31-26-15-14-24-13-12-23-10-6-7-11-27(23)34(28(24)22-26)29(35)16-17-33-20-18-32(3)19-21-33/h6-7,10-11,14-15,22,25H,4-5,8-9,12-13,16-21H2,1-3H3,(H,31,36). The van der Waals surface area contributed by atoms with Crippen LogP contribution in [0.1, 0.15) is 57.1 Å². The van der Waals surface area contributed by atoms with Gasteiger partial charge in [0.05, 0.1) is 11.4 Å². The molecule has 0 aliphatic carbocycles.